The van der Waals surface area contributed by atoms with Crippen LogP contribution in [0.15, 0.2) is 17.1 Å². The third-order valence-electron chi connectivity index (χ3n) is 3.26. The summed E-state index contributed by atoms with van der Waals surface area (Å²) in [6.45, 7) is 3.75. The summed E-state index contributed by atoms with van der Waals surface area (Å²) in [6.07, 6.45) is 11.0. The first-order chi connectivity index (χ1) is 8.16. The molecule has 1 heterocycles. The number of pyridine rings is 1. The fourth-order valence-corrected chi connectivity index (χ4v) is 2.15. The minimum atomic E-state index is -0.312. The van der Waals surface area contributed by atoms with Gasteiger partial charge in [0.25, 0.3) is 5.56 Å². The van der Waals surface area contributed by atoms with Gasteiger partial charge in [0.1, 0.15) is 0 Å². The van der Waals surface area contributed by atoms with Crippen LogP contribution >= 0.6 is 0 Å². The maximum atomic E-state index is 11.1. The van der Waals surface area contributed by atoms with Crippen LogP contribution in [0.25, 0.3) is 0 Å². The molecule has 0 spiro atoms. The van der Waals surface area contributed by atoms with Gasteiger partial charge in [-0.05, 0) is 25.0 Å². The van der Waals surface area contributed by atoms with Gasteiger partial charge >= 0.3 is 0 Å². The molecule has 2 rings (SSSR count). The Bertz CT molecular complexity index is 380. The summed E-state index contributed by atoms with van der Waals surface area (Å²) in [5.41, 5.74) is 1.30. The van der Waals surface area contributed by atoms with Crippen molar-refractivity contribution >= 4 is 0 Å². The Balaban J connectivity index is 0.000000202. The molecule has 1 N–H and O–H groups in total. The monoisotopic (exact) mass is 237 g/mol. The number of nitrogens with zero attached hydrogens (tertiary/aromatic N) is 1. The molecule has 0 atom stereocenters. The Morgan fingerprint density at radius 2 is 1.65 bits per heavy atom. The van der Waals surface area contributed by atoms with E-state index in [1.807, 2.05) is 13.8 Å². The molecule has 1 aromatic rings. The summed E-state index contributed by atoms with van der Waals surface area (Å²) >= 11 is 0. The average molecular weight is 237 g/mol. The van der Waals surface area contributed by atoms with Gasteiger partial charge in [-0.2, -0.15) is 4.73 Å². The molecule has 0 aromatic carbocycles. The van der Waals surface area contributed by atoms with Crippen LogP contribution in [0, 0.1) is 6.92 Å². The highest BCUT2D eigenvalue weighted by Crippen LogP contribution is 2.15. The highest BCUT2D eigenvalue weighted by molar-refractivity contribution is 5.21. The predicted octanol–water partition coefficient (Wildman–Crippen LogP) is 3.30. The van der Waals surface area contributed by atoms with E-state index in [4.69, 9.17) is 5.21 Å². The van der Waals surface area contributed by atoms with E-state index < -0.39 is 0 Å². The van der Waals surface area contributed by atoms with E-state index in [0.717, 1.165) is 5.56 Å². The molecule has 1 aromatic heterocycles. The highest BCUT2D eigenvalue weighted by Gasteiger charge is 2.02. The molecule has 17 heavy (non-hydrogen) atoms. The van der Waals surface area contributed by atoms with Crippen molar-refractivity contribution in [1.29, 1.82) is 0 Å². The van der Waals surface area contributed by atoms with Gasteiger partial charge in [0.15, 0.2) is 0 Å². The van der Waals surface area contributed by atoms with Crippen molar-refractivity contribution in [3.63, 3.8) is 0 Å². The Morgan fingerprint density at radius 3 is 2.00 bits per heavy atom. The van der Waals surface area contributed by atoms with Gasteiger partial charge in [0.05, 0.1) is 0 Å². The molecule has 3 heteroatoms. The zero-order valence-electron chi connectivity index (χ0n) is 10.9. The van der Waals surface area contributed by atoms with Crippen LogP contribution in [0.2, 0.25) is 0 Å². The zero-order chi connectivity index (χ0) is 12.7. The summed E-state index contributed by atoms with van der Waals surface area (Å²) in [4.78, 5) is 11.1. The maximum absolute atomic E-state index is 11.1. The van der Waals surface area contributed by atoms with Crippen molar-refractivity contribution in [3.05, 3.63) is 33.7 Å². The molecule has 1 aliphatic rings. The minimum Gasteiger partial charge on any atom is -0.425 e. The first-order valence-electron chi connectivity index (χ1n) is 6.57. The molecule has 1 fully saturated rings. The number of hydrogen-bond donors (Lipinski definition) is 1. The van der Waals surface area contributed by atoms with Gasteiger partial charge in [0.2, 0.25) is 0 Å². The van der Waals surface area contributed by atoms with E-state index in [9.17, 15) is 4.79 Å². The van der Waals surface area contributed by atoms with E-state index in [1.165, 1.54) is 44.7 Å². The Labute approximate surface area is 103 Å². The lowest BCUT2D eigenvalue weighted by Gasteiger charge is -2.05. The van der Waals surface area contributed by atoms with Crippen LogP contribution in [0.5, 0.6) is 0 Å². The minimum absolute atomic E-state index is 0.312. The topological polar surface area (TPSA) is 42.2 Å². The molecular formula is C14H23NO2. The molecule has 0 saturated heterocycles. The molecule has 0 unspecified atom stereocenters. The molecule has 96 valence electrons. The lowest BCUT2D eigenvalue weighted by Crippen LogP contribution is -2.21. The Hall–Kier alpha value is -1.25. The molecule has 0 amide bonds. The van der Waals surface area contributed by atoms with E-state index in [2.05, 4.69) is 0 Å². The molecule has 3 nitrogen and oxygen atoms in total. The number of rotatable bonds is 1. The fraction of sp³-hybridized carbons (Fsp3) is 0.643. The summed E-state index contributed by atoms with van der Waals surface area (Å²) in [7, 11) is 0. The summed E-state index contributed by atoms with van der Waals surface area (Å²) in [5, 5.41) is 8.96. The van der Waals surface area contributed by atoms with Crippen LogP contribution in [0.3, 0.4) is 0 Å². The van der Waals surface area contributed by atoms with Crippen molar-refractivity contribution in [1.82, 2.24) is 4.73 Å². The van der Waals surface area contributed by atoms with E-state index >= 15 is 0 Å². The zero-order valence-corrected chi connectivity index (χ0v) is 10.9. The quantitative estimate of drug-likeness (QED) is 0.761. The third-order valence-corrected chi connectivity index (χ3v) is 3.26. The Kier molecular flexibility index (Phi) is 5.81. The highest BCUT2D eigenvalue weighted by atomic mass is 16.5. The molecule has 1 saturated carbocycles. The summed E-state index contributed by atoms with van der Waals surface area (Å²) in [6, 6.07) is 1.72. The van der Waals surface area contributed by atoms with Crippen LogP contribution in [0.1, 0.15) is 56.6 Å². The van der Waals surface area contributed by atoms with Gasteiger partial charge in [-0.1, -0.05) is 45.4 Å². The summed E-state index contributed by atoms with van der Waals surface area (Å²) in [5.74, 6) is 0. The standard InChI is InChI=1S/C8H11NO2.C6H12/c1-3-7-6(2)4-5-9(11)8(7)10;1-2-4-6-5-3-1/h4-5,11H,3H2,1-2H3;1-6H2. The smallest absolute Gasteiger partial charge is 0.286 e. The van der Waals surface area contributed by atoms with Gasteiger partial charge in [-0.25, -0.2) is 0 Å². The van der Waals surface area contributed by atoms with Gasteiger partial charge in [-0.3, -0.25) is 4.79 Å². The summed E-state index contributed by atoms with van der Waals surface area (Å²) < 4.78 is 0.617. The predicted molar refractivity (Wildman–Crippen MR) is 69.7 cm³/mol. The first-order valence-corrected chi connectivity index (χ1v) is 6.57. The lowest BCUT2D eigenvalue weighted by molar-refractivity contribution is 0.173. The van der Waals surface area contributed by atoms with E-state index in [1.54, 1.807) is 6.07 Å². The van der Waals surface area contributed by atoms with Crippen molar-refractivity contribution in [2.45, 2.75) is 58.8 Å². The van der Waals surface area contributed by atoms with Crippen LogP contribution in [-0.4, -0.2) is 9.94 Å². The average Bonchev–Trinajstić information content (AvgIpc) is 2.38. The number of aromatic nitrogens is 1. The first kappa shape index (κ1) is 13.8. The molecule has 0 radical (unpaired) electrons. The van der Waals surface area contributed by atoms with Crippen LogP contribution in [0.4, 0.5) is 0 Å². The van der Waals surface area contributed by atoms with Gasteiger partial charge in [-0.15, -0.1) is 0 Å². The lowest BCUT2D eigenvalue weighted by atomic mass is 10.0. The van der Waals surface area contributed by atoms with Crippen LogP contribution < -0.4 is 5.56 Å². The Morgan fingerprint density at radius 1 is 1.18 bits per heavy atom. The second-order valence-electron chi connectivity index (χ2n) is 4.60. The van der Waals surface area contributed by atoms with Gasteiger partial charge in [0, 0.05) is 11.8 Å². The molecular weight excluding hydrogens is 214 g/mol. The van der Waals surface area contributed by atoms with Crippen LogP contribution in [-0.2, 0) is 6.42 Å². The number of hydrogen-bond acceptors (Lipinski definition) is 2. The SMILES string of the molecule is C1CCCCC1.CCc1c(C)ccn(O)c1=O. The van der Waals surface area contributed by atoms with E-state index in [-0.39, 0.29) is 5.56 Å². The largest absolute Gasteiger partial charge is 0.425 e. The second kappa shape index (κ2) is 7.15. The van der Waals surface area contributed by atoms with Gasteiger partial charge < -0.3 is 5.21 Å². The molecule has 1 aliphatic carbocycles. The molecule has 0 aliphatic heterocycles. The molecule has 0 bridgehead atoms. The van der Waals surface area contributed by atoms with Crippen molar-refractivity contribution in [3.8, 4) is 0 Å². The van der Waals surface area contributed by atoms with E-state index in [0.29, 0.717) is 16.7 Å². The third kappa shape index (κ3) is 4.25. The normalized spacial score (nSPS) is 14.9. The van der Waals surface area contributed by atoms with Crippen molar-refractivity contribution < 1.29 is 5.21 Å². The maximum Gasteiger partial charge on any atom is 0.286 e. The van der Waals surface area contributed by atoms with Crippen molar-refractivity contribution in [2.24, 2.45) is 0 Å². The number of aryl methyl sites for hydroxylation is 1. The van der Waals surface area contributed by atoms with Crippen molar-refractivity contribution in [2.75, 3.05) is 0 Å². The second-order valence-corrected chi connectivity index (χ2v) is 4.60. The fourth-order valence-electron chi connectivity index (χ4n) is 2.15.